The van der Waals surface area contributed by atoms with Crippen LogP contribution in [0.5, 0.6) is 0 Å². The summed E-state index contributed by atoms with van der Waals surface area (Å²) in [6.07, 6.45) is 46.2. The number of carbonyl (C=O) groups is 4. The fourth-order valence-electron chi connectivity index (χ4n) is 9.81. The van der Waals surface area contributed by atoms with Gasteiger partial charge in [-0.1, -0.05) is 285 Å². The molecule has 2 unspecified atom stereocenters. The second kappa shape index (κ2) is 60.0. The minimum Gasteiger partial charge on any atom is -0.462 e. The van der Waals surface area contributed by atoms with E-state index in [-0.39, 0.29) is 25.7 Å². The van der Waals surface area contributed by atoms with E-state index in [2.05, 4.69) is 27.7 Å². The quantitative estimate of drug-likeness (QED) is 0.0222. The Bertz CT molecular complexity index is 1620. The molecule has 17 nitrogen and oxygen atoms in total. The largest absolute Gasteiger partial charge is 0.472 e. The number of phosphoric ester groups is 2. The maximum Gasteiger partial charge on any atom is 0.472 e. The molecule has 0 aromatic carbocycles. The molecule has 0 saturated carbocycles. The first-order valence-corrected chi connectivity index (χ1v) is 37.3. The van der Waals surface area contributed by atoms with E-state index < -0.39 is 97.5 Å². The van der Waals surface area contributed by atoms with Crippen molar-refractivity contribution in [2.45, 2.75) is 354 Å². The summed E-state index contributed by atoms with van der Waals surface area (Å²) in [7, 11) is -9.87. The highest BCUT2D eigenvalue weighted by Crippen LogP contribution is 2.45. The third-order valence-corrected chi connectivity index (χ3v) is 17.0. The van der Waals surface area contributed by atoms with Crippen LogP contribution in [-0.2, 0) is 65.4 Å². The highest BCUT2D eigenvalue weighted by Gasteiger charge is 2.30. The van der Waals surface area contributed by atoms with Gasteiger partial charge in [0.05, 0.1) is 26.4 Å². The number of aliphatic hydroxyl groups is 1. The molecule has 0 amide bonds. The third kappa shape index (κ3) is 59.0. The molecule has 0 saturated heterocycles. The fourth-order valence-corrected chi connectivity index (χ4v) is 11.4. The monoisotopic (exact) mass is 1240 g/mol. The summed E-state index contributed by atoms with van der Waals surface area (Å²) in [5, 5.41) is 10.5. The van der Waals surface area contributed by atoms with Crippen LogP contribution in [0.2, 0.25) is 0 Å². The van der Waals surface area contributed by atoms with Crippen LogP contribution in [0.1, 0.15) is 336 Å². The lowest BCUT2D eigenvalue weighted by Gasteiger charge is -2.21. The molecule has 498 valence electrons. The van der Waals surface area contributed by atoms with Crippen LogP contribution in [0.4, 0.5) is 0 Å². The highest BCUT2D eigenvalue weighted by molar-refractivity contribution is 7.47. The lowest BCUT2D eigenvalue weighted by Crippen LogP contribution is -2.30. The normalized spacial score (nSPS) is 14.1. The minimum absolute atomic E-state index is 0.106. The molecule has 0 fully saturated rings. The number of hydrogen-bond donors (Lipinski definition) is 3. The number of ether oxygens (including phenoxy) is 4. The van der Waals surface area contributed by atoms with Crippen LogP contribution in [0.3, 0.4) is 0 Å². The molecule has 0 aromatic heterocycles. The highest BCUT2D eigenvalue weighted by atomic mass is 31.2. The van der Waals surface area contributed by atoms with Crippen LogP contribution in [0, 0.1) is 0 Å². The number of rotatable bonds is 66. The SMILES string of the molecule is CCCCCCCCCCCCCCCCCCCCCC(=O)O[C@H](COC(=O)CCCCCCCCCCCC)COP(=O)(O)OC[C@@H](O)COP(=O)(O)OC[C@@H](COC(=O)CCCCCCC)OC(=O)CCCCCCCCCCCC. The molecule has 0 bridgehead atoms. The van der Waals surface area contributed by atoms with Gasteiger partial charge in [0, 0.05) is 25.7 Å². The van der Waals surface area contributed by atoms with Crippen molar-refractivity contribution in [3.63, 3.8) is 0 Å². The third-order valence-electron chi connectivity index (χ3n) is 15.1. The molecule has 0 aliphatic rings. The summed E-state index contributed by atoms with van der Waals surface area (Å²) in [4.78, 5) is 71.9. The first-order valence-electron chi connectivity index (χ1n) is 34.3. The van der Waals surface area contributed by atoms with Crippen molar-refractivity contribution in [2.24, 2.45) is 0 Å². The van der Waals surface area contributed by atoms with Crippen LogP contribution in [-0.4, -0.2) is 96.7 Å². The maximum atomic E-state index is 13.0. The molecule has 3 N–H and O–H groups in total. The van der Waals surface area contributed by atoms with E-state index in [9.17, 15) is 43.2 Å². The zero-order valence-corrected chi connectivity index (χ0v) is 55.7. The Morgan fingerprint density at radius 1 is 0.286 bits per heavy atom. The van der Waals surface area contributed by atoms with E-state index in [4.69, 9.17) is 37.0 Å². The summed E-state index contributed by atoms with van der Waals surface area (Å²) < 4.78 is 67.8. The van der Waals surface area contributed by atoms with Crippen molar-refractivity contribution in [3.05, 3.63) is 0 Å². The van der Waals surface area contributed by atoms with E-state index in [1.807, 2.05) is 0 Å². The van der Waals surface area contributed by atoms with Crippen molar-refractivity contribution >= 4 is 39.5 Å². The molecule has 0 heterocycles. The number of phosphoric acid groups is 2. The lowest BCUT2D eigenvalue weighted by atomic mass is 10.0. The molecule has 0 aliphatic heterocycles. The van der Waals surface area contributed by atoms with Gasteiger partial charge >= 0.3 is 39.5 Å². The Balaban J connectivity index is 5.10. The Morgan fingerprint density at radius 3 is 0.702 bits per heavy atom. The van der Waals surface area contributed by atoms with Crippen molar-refractivity contribution in [2.75, 3.05) is 39.6 Å². The van der Waals surface area contributed by atoms with Gasteiger partial charge in [0.1, 0.15) is 19.3 Å². The van der Waals surface area contributed by atoms with Gasteiger partial charge in [-0.3, -0.25) is 37.3 Å². The summed E-state index contributed by atoms with van der Waals surface area (Å²) in [5.74, 6) is -2.14. The van der Waals surface area contributed by atoms with Gasteiger partial charge in [-0.2, -0.15) is 0 Å². The van der Waals surface area contributed by atoms with E-state index in [1.165, 1.54) is 161 Å². The van der Waals surface area contributed by atoms with Crippen molar-refractivity contribution < 1.29 is 80.2 Å². The average Bonchev–Trinajstić information content (AvgIpc) is 3.58. The molecule has 19 heteroatoms. The van der Waals surface area contributed by atoms with Crippen molar-refractivity contribution in [1.29, 1.82) is 0 Å². The molecule has 0 radical (unpaired) electrons. The van der Waals surface area contributed by atoms with Crippen LogP contribution < -0.4 is 0 Å². The Kier molecular flexibility index (Phi) is 58.6. The maximum absolute atomic E-state index is 13.0. The molecule has 0 aromatic rings. The van der Waals surface area contributed by atoms with E-state index in [0.717, 1.165) is 96.3 Å². The number of aliphatic hydroxyl groups excluding tert-OH is 1. The van der Waals surface area contributed by atoms with Gasteiger partial charge in [-0.15, -0.1) is 0 Å². The average molecular weight is 1240 g/mol. The van der Waals surface area contributed by atoms with Crippen LogP contribution >= 0.6 is 15.6 Å². The molecule has 84 heavy (non-hydrogen) atoms. The Hall–Kier alpha value is -1.94. The van der Waals surface area contributed by atoms with E-state index in [0.29, 0.717) is 25.7 Å². The number of carbonyl (C=O) groups excluding carboxylic acids is 4. The fraction of sp³-hybridized carbons (Fsp3) is 0.938. The number of hydrogen-bond acceptors (Lipinski definition) is 15. The second-order valence-electron chi connectivity index (χ2n) is 23.5. The van der Waals surface area contributed by atoms with Gasteiger partial charge in [0.25, 0.3) is 0 Å². The van der Waals surface area contributed by atoms with E-state index >= 15 is 0 Å². The summed E-state index contributed by atoms with van der Waals surface area (Å²) >= 11 is 0. The predicted octanol–water partition coefficient (Wildman–Crippen LogP) is 18.3. The van der Waals surface area contributed by atoms with Gasteiger partial charge in [0.15, 0.2) is 12.2 Å². The standard InChI is InChI=1S/C65H126O17P2/c1-5-9-13-17-20-23-26-27-28-29-30-31-32-33-34-37-40-44-48-52-65(70)82-61(56-76-63(68)50-46-42-38-35-24-21-18-14-10-6-2)58-80-84(73,74)78-54-59(66)53-77-83(71,72)79-57-60(55-75-62(67)49-45-41-16-12-8-4)81-64(69)51-47-43-39-36-25-22-19-15-11-7-3/h59-61,66H,5-58H2,1-4H3,(H,71,72)(H,73,74)/t59-,60+,61+/m0/s1. The lowest BCUT2D eigenvalue weighted by molar-refractivity contribution is -0.161. The van der Waals surface area contributed by atoms with Crippen molar-refractivity contribution in [3.8, 4) is 0 Å². The summed E-state index contributed by atoms with van der Waals surface area (Å²) in [5.41, 5.74) is 0. The minimum atomic E-state index is -4.94. The molecular formula is C65H126O17P2. The molecule has 0 spiro atoms. The first-order chi connectivity index (χ1) is 40.7. The van der Waals surface area contributed by atoms with E-state index in [1.54, 1.807) is 0 Å². The zero-order valence-electron chi connectivity index (χ0n) is 53.9. The predicted molar refractivity (Wildman–Crippen MR) is 335 cm³/mol. The summed E-state index contributed by atoms with van der Waals surface area (Å²) in [6.45, 7) is 4.80. The zero-order chi connectivity index (χ0) is 61.9. The molecule has 0 aliphatic carbocycles. The van der Waals surface area contributed by atoms with Gasteiger partial charge in [-0.05, 0) is 25.7 Å². The molecule has 0 rings (SSSR count). The van der Waals surface area contributed by atoms with Crippen LogP contribution in [0.25, 0.3) is 0 Å². The van der Waals surface area contributed by atoms with Crippen molar-refractivity contribution in [1.82, 2.24) is 0 Å². The molecule has 5 atom stereocenters. The Labute approximate surface area is 511 Å². The van der Waals surface area contributed by atoms with Gasteiger partial charge in [0.2, 0.25) is 0 Å². The van der Waals surface area contributed by atoms with Gasteiger partial charge < -0.3 is 33.8 Å². The first kappa shape index (κ1) is 82.1. The number of esters is 4. The molecular weight excluding hydrogens is 1110 g/mol. The second-order valence-corrected chi connectivity index (χ2v) is 26.4. The van der Waals surface area contributed by atoms with Gasteiger partial charge in [-0.25, -0.2) is 9.13 Å². The Morgan fingerprint density at radius 2 is 0.476 bits per heavy atom. The summed E-state index contributed by atoms with van der Waals surface area (Å²) in [6, 6.07) is 0. The number of unbranched alkanes of at least 4 members (excludes halogenated alkanes) is 40. The van der Waals surface area contributed by atoms with Crippen LogP contribution in [0.15, 0.2) is 0 Å². The topological polar surface area (TPSA) is 237 Å². The smallest absolute Gasteiger partial charge is 0.462 e.